The van der Waals surface area contributed by atoms with Gasteiger partial charge in [0.2, 0.25) is 0 Å². The summed E-state index contributed by atoms with van der Waals surface area (Å²) in [6.07, 6.45) is 1.54. The van der Waals surface area contributed by atoms with Crippen LogP contribution < -0.4 is 5.32 Å². The van der Waals surface area contributed by atoms with Gasteiger partial charge in [-0.1, -0.05) is 0 Å². The number of nitrogens with zero attached hydrogens (tertiary/aromatic N) is 2. The SMILES string of the molecule is Cc1nc2cc(NC(=O)c3ccn[nH]3)ccc2s1. The summed E-state index contributed by atoms with van der Waals surface area (Å²) in [5.41, 5.74) is 2.07. The van der Waals surface area contributed by atoms with Crippen LogP contribution in [0.15, 0.2) is 30.5 Å². The molecule has 0 saturated heterocycles. The summed E-state index contributed by atoms with van der Waals surface area (Å²) in [5.74, 6) is -0.209. The van der Waals surface area contributed by atoms with Gasteiger partial charge < -0.3 is 5.32 Å². The van der Waals surface area contributed by atoms with E-state index in [-0.39, 0.29) is 5.91 Å². The summed E-state index contributed by atoms with van der Waals surface area (Å²) < 4.78 is 1.12. The number of benzene rings is 1. The highest BCUT2D eigenvalue weighted by molar-refractivity contribution is 7.18. The van der Waals surface area contributed by atoms with Crippen LogP contribution in [0.4, 0.5) is 5.69 Å². The Morgan fingerprint density at radius 1 is 1.39 bits per heavy atom. The molecule has 0 bridgehead atoms. The second-order valence-electron chi connectivity index (χ2n) is 3.84. The van der Waals surface area contributed by atoms with Crippen molar-refractivity contribution in [2.45, 2.75) is 6.92 Å². The van der Waals surface area contributed by atoms with Crippen LogP contribution in [0.5, 0.6) is 0 Å². The van der Waals surface area contributed by atoms with E-state index in [2.05, 4.69) is 20.5 Å². The second kappa shape index (κ2) is 4.23. The van der Waals surface area contributed by atoms with E-state index < -0.39 is 0 Å². The van der Waals surface area contributed by atoms with Gasteiger partial charge in [-0.05, 0) is 31.2 Å². The summed E-state index contributed by atoms with van der Waals surface area (Å²) in [5, 5.41) is 10.2. The van der Waals surface area contributed by atoms with Gasteiger partial charge in [0, 0.05) is 11.9 Å². The standard InChI is InChI=1S/C12H10N4OS/c1-7-14-10-6-8(2-3-11(10)18-7)15-12(17)9-4-5-13-16-9/h2-6H,1H3,(H,13,16)(H,15,17). The predicted octanol–water partition coefficient (Wildman–Crippen LogP) is 2.58. The molecule has 0 aliphatic rings. The fourth-order valence-corrected chi connectivity index (χ4v) is 2.51. The van der Waals surface area contributed by atoms with Gasteiger partial charge in [-0.2, -0.15) is 5.10 Å². The quantitative estimate of drug-likeness (QED) is 0.742. The van der Waals surface area contributed by atoms with Crippen LogP contribution in [0.1, 0.15) is 15.5 Å². The zero-order valence-electron chi connectivity index (χ0n) is 9.60. The molecule has 18 heavy (non-hydrogen) atoms. The maximum Gasteiger partial charge on any atom is 0.273 e. The number of aromatic nitrogens is 3. The lowest BCUT2D eigenvalue weighted by Crippen LogP contribution is -2.12. The Hall–Kier alpha value is -2.21. The number of aromatic amines is 1. The lowest BCUT2D eigenvalue weighted by Gasteiger charge is -2.02. The van der Waals surface area contributed by atoms with Crippen LogP contribution in [0.2, 0.25) is 0 Å². The Bertz CT molecular complexity index is 702. The van der Waals surface area contributed by atoms with E-state index in [9.17, 15) is 4.79 Å². The average molecular weight is 258 g/mol. The predicted molar refractivity (Wildman–Crippen MR) is 70.9 cm³/mol. The fourth-order valence-electron chi connectivity index (χ4n) is 1.70. The summed E-state index contributed by atoms with van der Waals surface area (Å²) in [6, 6.07) is 7.32. The van der Waals surface area contributed by atoms with E-state index in [1.807, 2.05) is 25.1 Å². The van der Waals surface area contributed by atoms with Crippen molar-refractivity contribution in [2.24, 2.45) is 0 Å². The largest absolute Gasteiger partial charge is 0.321 e. The van der Waals surface area contributed by atoms with E-state index in [1.54, 1.807) is 23.6 Å². The summed E-state index contributed by atoms with van der Waals surface area (Å²) in [7, 11) is 0. The van der Waals surface area contributed by atoms with E-state index in [0.717, 1.165) is 20.9 Å². The van der Waals surface area contributed by atoms with Gasteiger partial charge in [0.1, 0.15) is 5.69 Å². The molecule has 5 nitrogen and oxygen atoms in total. The molecule has 2 aromatic heterocycles. The van der Waals surface area contributed by atoms with Gasteiger partial charge in [-0.3, -0.25) is 9.89 Å². The molecular weight excluding hydrogens is 248 g/mol. The van der Waals surface area contributed by atoms with Gasteiger partial charge in [0.25, 0.3) is 5.91 Å². The van der Waals surface area contributed by atoms with Crippen molar-refractivity contribution in [1.82, 2.24) is 15.2 Å². The molecule has 0 radical (unpaired) electrons. The summed E-state index contributed by atoms with van der Waals surface area (Å²) >= 11 is 1.64. The number of anilines is 1. The van der Waals surface area contributed by atoms with Crippen LogP contribution in [-0.4, -0.2) is 21.1 Å². The molecule has 1 aromatic carbocycles. The number of thiazole rings is 1. The highest BCUT2D eigenvalue weighted by atomic mass is 32.1. The molecule has 90 valence electrons. The Labute approximate surface area is 107 Å². The van der Waals surface area contributed by atoms with E-state index >= 15 is 0 Å². The first-order valence-corrected chi connectivity index (χ1v) is 6.22. The van der Waals surface area contributed by atoms with Gasteiger partial charge in [-0.25, -0.2) is 4.98 Å². The van der Waals surface area contributed by atoms with Crippen molar-refractivity contribution < 1.29 is 4.79 Å². The molecule has 6 heteroatoms. The molecule has 2 N–H and O–H groups in total. The van der Waals surface area contributed by atoms with Crippen LogP contribution >= 0.6 is 11.3 Å². The Morgan fingerprint density at radius 2 is 2.28 bits per heavy atom. The first-order valence-electron chi connectivity index (χ1n) is 5.40. The first-order chi connectivity index (χ1) is 8.72. The number of nitrogens with one attached hydrogen (secondary N) is 2. The van der Waals surface area contributed by atoms with Gasteiger partial charge in [0.05, 0.1) is 15.2 Å². The smallest absolute Gasteiger partial charge is 0.273 e. The van der Waals surface area contributed by atoms with Crippen molar-refractivity contribution in [1.29, 1.82) is 0 Å². The highest BCUT2D eigenvalue weighted by Gasteiger charge is 2.08. The van der Waals surface area contributed by atoms with Crippen LogP contribution in [0.25, 0.3) is 10.2 Å². The van der Waals surface area contributed by atoms with E-state index in [0.29, 0.717) is 5.69 Å². The molecule has 3 rings (SSSR count). The molecule has 0 saturated carbocycles. The van der Waals surface area contributed by atoms with Crippen LogP contribution in [0, 0.1) is 6.92 Å². The number of fused-ring (bicyclic) bond motifs is 1. The van der Waals surface area contributed by atoms with Crippen molar-refractivity contribution in [3.05, 3.63) is 41.2 Å². The number of H-pyrrole nitrogens is 1. The van der Waals surface area contributed by atoms with Crippen molar-refractivity contribution in [2.75, 3.05) is 5.32 Å². The third-order valence-corrected chi connectivity index (χ3v) is 3.45. The van der Waals surface area contributed by atoms with Crippen LogP contribution in [-0.2, 0) is 0 Å². The first kappa shape index (κ1) is 10.9. The molecule has 0 spiro atoms. The highest BCUT2D eigenvalue weighted by Crippen LogP contribution is 2.24. The molecule has 2 heterocycles. The van der Waals surface area contributed by atoms with Crippen molar-refractivity contribution >= 4 is 33.1 Å². The Balaban J connectivity index is 1.88. The van der Waals surface area contributed by atoms with Gasteiger partial charge >= 0.3 is 0 Å². The maximum absolute atomic E-state index is 11.8. The number of aryl methyl sites for hydroxylation is 1. The van der Waals surface area contributed by atoms with E-state index in [1.165, 1.54) is 0 Å². The van der Waals surface area contributed by atoms with Crippen molar-refractivity contribution in [3.8, 4) is 0 Å². The number of carbonyl (C=O) groups excluding carboxylic acids is 1. The minimum Gasteiger partial charge on any atom is -0.321 e. The summed E-state index contributed by atoms with van der Waals surface area (Å²) in [4.78, 5) is 16.2. The van der Waals surface area contributed by atoms with Crippen LogP contribution in [0.3, 0.4) is 0 Å². The van der Waals surface area contributed by atoms with E-state index in [4.69, 9.17) is 0 Å². The number of amides is 1. The van der Waals surface area contributed by atoms with Gasteiger partial charge in [-0.15, -0.1) is 11.3 Å². The molecule has 1 amide bonds. The number of hydrogen-bond acceptors (Lipinski definition) is 4. The zero-order chi connectivity index (χ0) is 12.5. The monoisotopic (exact) mass is 258 g/mol. The lowest BCUT2D eigenvalue weighted by molar-refractivity contribution is 0.102. The number of hydrogen-bond donors (Lipinski definition) is 2. The zero-order valence-corrected chi connectivity index (χ0v) is 10.4. The Morgan fingerprint density at radius 3 is 3.06 bits per heavy atom. The van der Waals surface area contributed by atoms with Crippen molar-refractivity contribution in [3.63, 3.8) is 0 Å². The number of carbonyl (C=O) groups is 1. The Kier molecular flexibility index (Phi) is 2.56. The second-order valence-corrected chi connectivity index (χ2v) is 5.07. The molecule has 3 aromatic rings. The molecule has 0 unspecified atom stereocenters. The maximum atomic E-state index is 11.8. The molecular formula is C12H10N4OS. The minimum absolute atomic E-state index is 0.209. The fraction of sp³-hybridized carbons (Fsp3) is 0.0833. The topological polar surface area (TPSA) is 70.7 Å². The van der Waals surface area contributed by atoms with Gasteiger partial charge in [0.15, 0.2) is 0 Å². The normalized spacial score (nSPS) is 10.7. The third kappa shape index (κ3) is 1.98. The minimum atomic E-state index is -0.209. The number of rotatable bonds is 2. The molecule has 0 aliphatic heterocycles. The third-order valence-electron chi connectivity index (χ3n) is 2.50. The molecule has 0 atom stereocenters. The summed E-state index contributed by atoms with van der Waals surface area (Å²) in [6.45, 7) is 1.97. The molecule has 0 fully saturated rings. The molecule has 0 aliphatic carbocycles. The lowest BCUT2D eigenvalue weighted by atomic mass is 10.3. The average Bonchev–Trinajstić information content (AvgIpc) is 2.95.